The maximum Gasteiger partial charge on any atom is 0.147 e. The second kappa shape index (κ2) is 5.09. The SMILES string of the molecule is CS(=O)(=O)CCCN1CCC[C@H](O)C1. The number of piperidine rings is 1. The van der Waals surface area contributed by atoms with Gasteiger partial charge in [0.1, 0.15) is 9.84 Å². The van der Waals surface area contributed by atoms with Crippen LogP contribution < -0.4 is 0 Å². The van der Waals surface area contributed by atoms with E-state index in [0.29, 0.717) is 13.0 Å². The normalized spacial score (nSPS) is 25.1. The summed E-state index contributed by atoms with van der Waals surface area (Å²) in [5.41, 5.74) is 0. The average Bonchev–Trinajstić information content (AvgIpc) is 2.01. The molecular weight excluding hydrogens is 202 g/mol. The van der Waals surface area contributed by atoms with Gasteiger partial charge in [0, 0.05) is 12.8 Å². The van der Waals surface area contributed by atoms with Gasteiger partial charge in [-0.3, -0.25) is 0 Å². The van der Waals surface area contributed by atoms with Gasteiger partial charge in [-0.2, -0.15) is 0 Å². The lowest BCUT2D eigenvalue weighted by molar-refractivity contribution is 0.0710. The number of sulfone groups is 1. The van der Waals surface area contributed by atoms with E-state index >= 15 is 0 Å². The second-order valence-electron chi connectivity index (χ2n) is 4.08. The highest BCUT2D eigenvalue weighted by Crippen LogP contribution is 2.09. The summed E-state index contributed by atoms with van der Waals surface area (Å²) >= 11 is 0. The molecule has 5 heteroatoms. The summed E-state index contributed by atoms with van der Waals surface area (Å²) in [4.78, 5) is 2.14. The van der Waals surface area contributed by atoms with E-state index in [2.05, 4.69) is 4.90 Å². The maximum absolute atomic E-state index is 10.9. The Balaban J connectivity index is 2.18. The van der Waals surface area contributed by atoms with Crippen molar-refractivity contribution >= 4 is 9.84 Å². The van der Waals surface area contributed by atoms with Crippen molar-refractivity contribution in [1.29, 1.82) is 0 Å². The van der Waals surface area contributed by atoms with Crippen molar-refractivity contribution in [2.45, 2.75) is 25.4 Å². The van der Waals surface area contributed by atoms with Crippen LogP contribution in [-0.4, -0.2) is 56.2 Å². The molecule has 0 saturated carbocycles. The third kappa shape index (κ3) is 4.93. The van der Waals surface area contributed by atoms with Gasteiger partial charge >= 0.3 is 0 Å². The van der Waals surface area contributed by atoms with Gasteiger partial charge in [-0.05, 0) is 32.4 Å². The zero-order valence-electron chi connectivity index (χ0n) is 8.65. The van der Waals surface area contributed by atoms with Gasteiger partial charge in [0.05, 0.1) is 11.9 Å². The molecule has 14 heavy (non-hydrogen) atoms. The molecule has 4 nitrogen and oxygen atoms in total. The van der Waals surface area contributed by atoms with E-state index < -0.39 is 9.84 Å². The first-order valence-corrected chi connectivity index (χ1v) is 7.11. The minimum Gasteiger partial charge on any atom is -0.392 e. The molecule has 1 rings (SSSR count). The summed E-state index contributed by atoms with van der Waals surface area (Å²) < 4.78 is 21.7. The minimum atomic E-state index is -2.83. The van der Waals surface area contributed by atoms with E-state index in [9.17, 15) is 13.5 Å². The van der Waals surface area contributed by atoms with Crippen LogP contribution in [0.1, 0.15) is 19.3 Å². The lowest BCUT2D eigenvalue weighted by atomic mass is 10.1. The number of β-amino-alcohol motifs (C(OH)–C–C–N with tert-alkyl or cyclic N) is 1. The molecule has 1 N–H and O–H groups in total. The van der Waals surface area contributed by atoms with Crippen molar-refractivity contribution in [2.75, 3.05) is 31.6 Å². The Kier molecular flexibility index (Phi) is 4.34. The maximum atomic E-state index is 10.9. The highest BCUT2D eigenvalue weighted by Gasteiger charge is 2.17. The van der Waals surface area contributed by atoms with E-state index in [1.807, 2.05) is 0 Å². The third-order valence-electron chi connectivity index (χ3n) is 2.47. The zero-order valence-corrected chi connectivity index (χ0v) is 9.46. The van der Waals surface area contributed by atoms with Gasteiger partial charge in [0.15, 0.2) is 0 Å². The lowest BCUT2D eigenvalue weighted by Crippen LogP contribution is -2.39. The average molecular weight is 221 g/mol. The molecule has 1 fully saturated rings. The van der Waals surface area contributed by atoms with E-state index in [1.165, 1.54) is 6.26 Å². The Labute approximate surface area is 85.8 Å². The van der Waals surface area contributed by atoms with Crippen LogP contribution in [0, 0.1) is 0 Å². The van der Waals surface area contributed by atoms with Crippen LogP contribution in [0.2, 0.25) is 0 Å². The largest absolute Gasteiger partial charge is 0.392 e. The fourth-order valence-corrected chi connectivity index (χ4v) is 2.44. The zero-order chi connectivity index (χ0) is 10.6. The van der Waals surface area contributed by atoms with Gasteiger partial charge in [-0.15, -0.1) is 0 Å². The Morgan fingerprint density at radius 3 is 2.79 bits per heavy atom. The van der Waals surface area contributed by atoms with E-state index in [1.54, 1.807) is 0 Å². The van der Waals surface area contributed by atoms with Crippen molar-refractivity contribution in [3.8, 4) is 0 Å². The van der Waals surface area contributed by atoms with Crippen LogP contribution >= 0.6 is 0 Å². The van der Waals surface area contributed by atoms with Crippen molar-refractivity contribution in [1.82, 2.24) is 4.90 Å². The summed E-state index contributed by atoms with van der Waals surface area (Å²) in [6.07, 6.45) is 3.61. The molecule has 1 heterocycles. The quantitative estimate of drug-likeness (QED) is 0.719. The Morgan fingerprint density at radius 2 is 2.21 bits per heavy atom. The first-order valence-electron chi connectivity index (χ1n) is 5.05. The Hall–Kier alpha value is -0.130. The van der Waals surface area contributed by atoms with Gasteiger partial charge in [0.2, 0.25) is 0 Å². The molecule has 0 unspecified atom stereocenters. The van der Waals surface area contributed by atoms with Crippen molar-refractivity contribution in [3.63, 3.8) is 0 Å². The Morgan fingerprint density at radius 1 is 1.50 bits per heavy atom. The van der Waals surface area contributed by atoms with Crippen molar-refractivity contribution in [2.24, 2.45) is 0 Å². The summed E-state index contributed by atoms with van der Waals surface area (Å²) in [5.74, 6) is 0.250. The second-order valence-corrected chi connectivity index (χ2v) is 6.34. The van der Waals surface area contributed by atoms with Gasteiger partial charge in [0.25, 0.3) is 0 Å². The topological polar surface area (TPSA) is 57.6 Å². The van der Waals surface area contributed by atoms with Gasteiger partial charge in [-0.1, -0.05) is 0 Å². The van der Waals surface area contributed by atoms with Crippen LogP contribution in [0.3, 0.4) is 0 Å². The molecule has 0 bridgehead atoms. The third-order valence-corrected chi connectivity index (χ3v) is 3.50. The number of hydrogen-bond acceptors (Lipinski definition) is 4. The molecule has 0 aliphatic carbocycles. The smallest absolute Gasteiger partial charge is 0.147 e. The molecule has 0 radical (unpaired) electrons. The standard InChI is InChI=1S/C9H19NO3S/c1-14(12,13)7-3-6-10-5-2-4-9(11)8-10/h9,11H,2-8H2,1H3/t9-/m0/s1. The minimum absolute atomic E-state index is 0.220. The number of rotatable bonds is 4. The van der Waals surface area contributed by atoms with E-state index in [4.69, 9.17) is 0 Å². The summed E-state index contributed by atoms with van der Waals surface area (Å²) in [7, 11) is -2.83. The first kappa shape index (κ1) is 11.9. The van der Waals surface area contributed by atoms with Crippen molar-refractivity contribution in [3.05, 3.63) is 0 Å². The fraction of sp³-hybridized carbons (Fsp3) is 1.00. The number of nitrogens with zero attached hydrogens (tertiary/aromatic N) is 1. The van der Waals surface area contributed by atoms with E-state index in [0.717, 1.165) is 25.9 Å². The molecular formula is C9H19NO3S. The summed E-state index contributed by atoms with van der Waals surface area (Å²) in [5, 5.41) is 9.38. The van der Waals surface area contributed by atoms with Crippen LogP contribution in [-0.2, 0) is 9.84 Å². The molecule has 1 aliphatic rings. The monoisotopic (exact) mass is 221 g/mol. The fourth-order valence-electron chi connectivity index (χ4n) is 1.78. The molecule has 0 aromatic heterocycles. The molecule has 0 spiro atoms. The number of hydrogen-bond donors (Lipinski definition) is 1. The van der Waals surface area contributed by atoms with Crippen LogP contribution in [0.15, 0.2) is 0 Å². The molecule has 1 saturated heterocycles. The van der Waals surface area contributed by atoms with Crippen LogP contribution in [0.4, 0.5) is 0 Å². The van der Waals surface area contributed by atoms with Crippen LogP contribution in [0.5, 0.6) is 0 Å². The number of aliphatic hydroxyl groups is 1. The molecule has 0 aromatic carbocycles. The van der Waals surface area contributed by atoms with E-state index in [-0.39, 0.29) is 11.9 Å². The molecule has 1 aliphatic heterocycles. The lowest BCUT2D eigenvalue weighted by Gasteiger charge is -2.29. The molecule has 0 aromatic rings. The number of aliphatic hydroxyl groups excluding tert-OH is 1. The highest BCUT2D eigenvalue weighted by atomic mass is 32.2. The highest BCUT2D eigenvalue weighted by molar-refractivity contribution is 7.90. The molecule has 1 atom stereocenters. The predicted molar refractivity (Wildman–Crippen MR) is 56.0 cm³/mol. The van der Waals surface area contributed by atoms with Crippen molar-refractivity contribution < 1.29 is 13.5 Å². The molecule has 0 amide bonds. The predicted octanol–water partition coefficient (Wildman–Crippen LogP) is -0.122. The first-order chi connectivity index (χ1) is 6.47. The van der Waals surface area contributed by atoms with Gasteiger partial charge < -0.3 is 10.0 Å². The summed E-state index contributed by atoms with van der Waals surface area (Å²) in [6, 6.07) is 0. The molecule has 84 valence electrons. The van der Waals surface area contributed by atoms with Crippen LogP contribution in [0.25, 0.3) is 0 Å². The number of likely N-dealkylation sites (tertiary alicyclic amines) is 1. The Bertz CT molecular complexity index is 263. The summed E-state index contributed by atoms with van der Waals surface area (Å²) in [6.45, 7) is 2.47. The van der Waals surface area contributed by atoms with Gasteiger partial charge in [-0.25, -0.2) is 8.42 Å².